The lowest BCUT2D eigenvalue weighted by molar-refractivity contribution is -0.0306. The van der Waals surface area contributed by atoms with Crippen molar-refractivity contribution in [2.75, 3.05) is 6.61 Å². The summed E-state index contributed by atoms with van der Waals surface area (Å²) in [6.07, 6.45) is 11.8. The summed E-state index contributed by atoms with van der Waals surface area (Å²) in [6.45, 7) is 0.924. The molecule has 2 heteroatoms. The fraction of sp³-hybridized carbons (Fsp3) is 0.600. The molecule has 1 aromatic rings. The average Bonchev–Trinajstić information content (AvgIpc) is 3.17. The Morgan fingerprint density at radius 3 is 2.45 bits per heavy atom. The maximum atomic E-state index is 6.42. The van der Waals surface area contributed by atoms with Gasteiger partial charge in [0.1, 0.15) is 5.60 Å². The van der Waals surface area contributed by atoms with Crippen molar-refractivity contribution >= 4 is 15.9 Å². The van der Waals surface area contributed by atoms with Gasteiger partial charge in [-0.15, -0.1) is 0 Å². The third kappa shape index (κ3) is 2.39. The standard InChI is InChI=1S/C20H25BrO/c21-18-14-17(15-8-3-1-4-9-15)19(16-10-5-2-6-11-16)20(18)12-7-13-22-20/h1,3-4,8-9,14,16-17,19H,2,5-7,10-13H2/t17-,19-,20-/m1/s1. The molecule has 0 amide bonds. The third-order valence-electron chi connectivity index (χ3n) is 6.05. The monoisotopic (exact) mass is 360 g/mol. The van der Waals surface area contributed by atoms with E-state index in [1.807, 2.05) is 0 Å². The van der Waals surface area contributed by atoms with Crippen LogP contribution in [-0.4, -0.2) is 12.2 Å². The van der Waals surface area contributed by atoms with Gasteiger partial charge in [0.15, 0.2) is 0 Å². The summed E-state index contributed by atoms with van der Waals surface area (Å²) < 4.78 is 7.74. The molecule has 0 aromatic heterocycles. The summed E-state index contributed by atoms with van der Waals surface area (Å²) in [4.78, 5) is 0. The summed E-state index contributed by atoms with van der Waals surface area (Å²) in [5.74, 6) is 1.94. The normalized spacial score (nSPS) is 36.0. The van der Waals surface area contributed by atoms with E-state index in [1.54, 1.807) is 0 Å². The van der Waals surface area contributed by atoms with Gasteiger partial charge in [-0.3, -0.25) is 0 Å². The first-order valence-electron chi connectivity index (χ1n) is 8.88. The Morgan fingerprint density at radius 1 is 1.00 bits per heavy atom. The van der Waals surface area contributed by atoms with Crippen molar-refractivity contribution in [3.05, 3.63) is 46.5 Å². The number of hydrogen-bond acceptors (Lipinski definition) is 1. The van der Waals surface area contributed by atoms with E-state index in [2.05, 4.69) is 52.3 Å². The van der Waals surface area contributed by atoms with E-state index in [9.17, 15) is 0 Å². The maximum absolute atomic E-state index is 6.42. The molecule has 0 bridgehead atoms. The van der Waals surface area contributed by atoms with Gasteiger partial charge in [0.25, 0.3) is 0 Å². The second-order valence-electron chi connectivity index (χ2n) is 7.22. The van der Waals surface area contributed by atoms with Crippen molar-refractivity contribution in [2.24, 2.45) is 11.8 Å². The molecular weight excluding hydrogens is 336 g/mol. The molecule has 1 nitrogen and oxygen atoms in total. The Bertz CT molecular complexity index is 538. The number of ether oxygens (including phenoxy) is 1. The number of allylic oxidation sites excluding steroid dienone is 1. The fourth-order valence-corrected chi connectivity index (χ4v) is 5.97. The van der Waals surface area contributed by atoms with Crippen LogP contribution in [0.3, 0.4) is 0 Å². The molecule has 1 saturated carbocycles. The minimum atomic E-state index is -0.0253. The van der Waals surface area contributed by atoms with Crippen molar-refractivity contribution in [1.29, 1.82) is 0 Å². The molecule has 2 aliphatic carbocycles. The molecule has 1 aliphatic heterocycles. The van der Waals surface area contributed by atoms with E-state index in [0.29, 0.717) is 11.8 Å². The zero-order chi connectivity index (χ0) is 15.0. The summed E-state index contributed by atoms with van der Waals surface area (Å²) in [5.41, 5.74) is 1.44. The second kappa shape index (κ2) is 6.13. The van der Waals surface area contributed by atoms with Crippen LogP contribution >= 0.6 is 15.9 Å². The molecule has 118 valence electrons. The lowest BCUT2D eigenvalue weighted by Crippen LogP contribution is -2.41. The Kier molecular flexibility index (Phi) is 4.17. The molecule has 1 aromatic carbocycles. The van der Waals surface area contributed by atoms with E-state index in [0.717, 1.165) is 12.5 Å². The number of benzene rings is 1. The highest BCUT2D eigenvalue weighted by Gasteiger charge is 2.55. The minimum absolute atomic E-state index is 0.0253. The van der Waals surface area contributed by atoms with Crippen LogP contribution in [0.25, 0.3) is 0 Å². The Morgan fingerprint density at radius 2 is 1.77 bits per heavy atom. The number of hydrogen-bond donors (Lipinski definition) is 0. The van der Waals surface area contributed by atoms with Crippen LogP contribution in [0.1, 0.15) is 56.4 Å². The molecule has 1 heterocycles. The predicted molar refractivity (Wildman–Crippen MR) is 94.2 cm³/mol. The Labute approximate surface area is 142 Å². The molecule has 2 fully saturated rings. The maximum Gasteiger partial charge on any atom is 0.103 e. The van der Waals surface area contributed by atoms with Gasteiger partial charge in [-0.2, -0.15) is 0 Å². The highest BCUT2D eigenvalue weighted by molar-refractivity contribution is 9.11. The van der Waals surface area contributed by atoms with Crippen molar-refractivity contribution in [1.82, 2.24) is 0 Å². The predicted octanol–water partition coefficient (Wildman–Crippen LogP) is 5.81. The largest absolute Gasteiger partial charge is 0.369 e. The van der Waals surface area contributed by atoms with Crippen LogP contribution in [-0.2, 0) is 4.74 Å². The van der Waals surface area contributed by atoms with Gasteiger partial charge in [0.2, 0.25) is 0 Å². The Balaban J connectivity index is 1.73. The molecule has 4 rings (SSSR count). The second-order valence-corrected chi connectivity index (χ2v) is 8.07. The molecule has 1 saturated heterocycles. The molecule has 3 aliphatic rings. The van der Waals surface area contributed by atoms with Gasteiger partial charge in [0.05, 0.1) is 0 Å². The molecule has 1 spiro atoms. The molecule has 0 N–H and O–H groups in total. The van der Waals surface area contributed by atoms with Crippen LogP contribution in [0.15, 0.2) is 40.9 Å². The highest BCUT2D eigenvalue weighted by Crippen LogP contribution is 2.58. The molecule has 22 heavy (non-hydrogen) atoms. The van der Waals surface area contributed by atoms with Gasteiger partial charge in [0, 0.05) is 22.9 Å². The van der Waals surface area contributed by atoms with E-state index in [-0.39, 0.29) is 5.60 Å². The summed E-state index contributed by atoms with van der Waals surface area (Å²) in [5, 5.41) is 0. The first kappa shape index (κ1) is 15.0. The van der Waals surface area contributed by atoms with Crippen molar-refractivity contribution in [3.63, 3.8) is 0 Å². The minimum Gasteiger partial charge on any atom is -0.369 e. The summed E-state index contributed by atoms with van der Waals surface area (Å²) in [7, 11) is 0. The molecule has 0 unspecified atom stereocenters. The smallest absolute Gasteiger partial charge is 0.103 e. The third-order valence-corrected chi connectivity index (χ3v) is 6.99. The quantitative estimate of drug-likeness (QED) is 0.646. The SMILES string of the molecule is BrC1=C[C@H](c2ccccc2)[C@@H](C2CCCCC2)[C@@]12CCCO2. The summed E-state index contributed by atoms with van der Waals surface area (Å²) >= 11 is 3.90. The topological polar surface area (TPSA) is 9.23 Å². The van der Waals surface area contributed by atoms with Crippen LogP contribution in [0.5, 0.6) is 0 Å². The summed E-state index contributed by atoms with van der Waals surface area (Å²) in [6, 6.07) is 11.1. The average molecular weight is 361 g/mol. The molecular formula is C20H25BrO. The first-order valence-corrected chi connectivity index (χ1v) is 9.67. The zero-order valence-corrected chi connectivity index (χ0v) is 14.7. The van der Waals surface area contributed by atoms with Crippen molar-refractivity contribution < 1.29 is 4.74 Å². The van der Waals surface area contributed by atoms with Gasteiger partial charge >= 0.3 is 0 Å². The van der Waals surface area contributed by atoms with Crippen LogP contribution in [0.2, 0.25) is 0 Å². The number of halogens is 1. The zero-order valence-electron chi connectivity index (χ0n) is 13.1. The van der Waals surface area contributed by atoms with Crippen molar-refractivity contribution in [3.8, 4) is 0 Å². The lowest BCUT2D eigenvalue weighted by Gasteiger charge is -2.41. The van der Waals surface area contributed by atoms with Gasteiger partial charge in [-0.1, -0.05) is 84.4 Å². The molecule has 3 atom stereocenters. The molecule has 0 radical (unpaired) electrons. The van der Waals surface area contributed by atoms with Crippen LogP contribution in [0, 0.1) is 11.8 Å². The lowest BCUT2D eigenvalue weighted by atomic mass is 9.67. The van der Waals surface area contributed by atoms with E-state index < -0.39 is 0 Å². The van der Waals surface area contributed by atoms with Crippen molar-refractivity contribution in [2.45, 2.75) is 56.5 Å². The fourth-order valence-electron chi connectivity index (χ4n) is 5.11. The van der Waals surface area contributed by atoms with Gasteiger partial charge in [-0.25, -0.2) is 0 Å². The highest BCUT2D eigenvalue weighted by atomic mass is 79.9. The Hall–Kier alpha value is -0.600. The van der Waals surface area contributed by atoms with Crippen LogP contribution < -0.4 is 0 Å². The van der Waals surface area contributed by atoms with E-state index in [4.69, 9.17) is 4.74 Å². The number of rotatable bonds is 2. The first-order chi connectivity index (χ1) is 10.8. The van der Waals surface area contributed by atoms with Crippen LogP contribution in [0.4, 0.5) is 0 Å². The van der Waals surface area contributed by atoms with Gasteiger partial charge < -0.3 is 4.74 Å². The van der Waals surface area contributed by atoms with E-state index in [1.165, 1.54) is 55.0 Å². The van der Waals surface area contributed by atoms with Gasteiger partial charge in [-0.05, 0) is 24.3 Å². The van der Waals surface area contributed by atoms with E-state index >= 15 is 0 Å².